The van der Waals surface area contributed by atoms with Crippen molar-refractivity contribution in [3.05, 3.63) is 96.6 Å². The summed E-state index contributed by atoms with van der Waals surface area (Å²) in [4.78, 5) is 43.8. The van der Waals surface area contributed by atoms with Gasteiger partial charge >= 0.3 is 8.25 Å². The summed E-state index contributed by atoms with van der Waals surface area (Å²) in [6.45, 7) is 0. The molecule has 0 atom stereocenters. The molecule has 0 aliphatic heterocycles. The lowest BCUT2D eigenvalue weighted by molar-refractivity contribution is 0.111. The standard InChI is InChI=1S/2C9H7NO.C4H5N.H3O3P/c2*11-6-8-5-7-3-1-2-4-9(7)10-8;1-2-4-5-3-1;1-4(2)3/h2*1-6,10H;1-5H;4H,(H2,1,2,3). The smallest absolute Gasteiger partial charge is 0.314 e. The maximum Gasteiger partial charge on any atom is 0.314 e. The Hall–Kier alpha value is -3.71. The van der Waals surface area contributed by atoms with Gasteiger partial charge < -0.3 is 24.7 Å². The van der Waals surface area contributed by atoms with Crippen LogP contribution < -0.4 is 0 Å². The van der Waals surface area contributed by atoms with E-state index in [0.29, 0.717) is 11.4 Å². The highest BCUT2D eigenvalue weighted by Gasteiger charge is 1.96. The van der Waals surface area contributed by atoms with Gasteiger partial charge in [-0.05, 0) is 36.4 Å². The van der Waals surface area contributed by atoms with E-state index in [-0.39, 0.29) is 0 Å². The van der Waals surface area contributed by atoms with Crippen molar-refractivity contribution in [3.63, 3.8) is 0 Å². The zero-order valence-corrected chi connectivity index (χ0v) is 17.4. The first kappa shape index (κ1) is 23.6. The SMILES string of the molecule is O=Cc1cc2ccccc2[nH]1.O=Cc1cc2ccccc2[nH]1.O=[PH](O)O.c1cc[nH]c1. The fourth-order valence-corrected chi connectivity index (χ4v) is 2.60. The maximum atomic E-state index is 10.3. The predicted octanol–water partition coefficient (Wildman–Crippen LogP) is 4.34. The molecule has 0 amide bonds. The number of nitrogens with one attached hydrogen (secondary N) is 3. The van der Waals surface area contributed by atoms with Crippen molar-refractivity contribution in [3.8, 4) is 0 Å². The van der Waals surface area contributed by atoms with Gasteiger partial charge in [0, 0.05) is 34.2 Å². The van der Waals surface area contributed by atoms with Gasteiger partial charge in [0.2, 0.25) is 0 Å². The zero-order chi connectivity index (χ0) is 22.5. The maximum absolute atomic E-state index is 10.3. The van der Waals surface area contributed by atoms with Crippen LogP contribution in [0.25, 0.3) is 21.8 Å². The number of benzene rings is 2. The summed E-state index contributed by atoms with van der Waals surface area (Å²) in [5.74, 6) is 0. The summed E-state index contributed by atoms with van der Waals surface area (Å²) in [5, 5.41) is 2.16. The van der Waals surface area contributed by atoms with E-state index in [1.54, 1.807) is 0 Å². The van der Waals surface area contributed by atoms with E-state index >= 15 is 0 Å². The molecule has 0 spiro atoms. The molecule has 31 heavy (non-hydrogen) atoms. The average molecular weight is 439 g/mol. The van der Waals surface area contributed by atoms with E-state index in [9.17, 15) is 9.59 Å². The highest BCUT2D eigenvalue weighted by Crippen LogP contribution is 2.13. The molecular weight excluding hydrogens is 417 g/mol. The molecule has 0 aliphatic rings. The Morgan fingerprint density at radius 2 is 1.06 bits per heavy atom. The van der Waals surface area contributed by atoms with Gasteiger partial charge in [-0.25, -0.2) is 0 Å². The van der Waals surface area contributed by atoms with E-state index in [1.165, 1.54) is 0 Å². The molecule has 8 nitrogen and oxygen atoms in total. The van der Waals surface area contributed by atoms with Crippen LogP contribution in [0.3, 0.4) is 0 Å². The predicted molar refractivity (Wildman–Crippen MR) is 122 cm³/mol. The Bertz CT molecular complexity index is 1060. The Morgan fingerprint density at radius 3 is 1.35 bits per heavy atom. The van der Waals surface area contributed by atoms with Crippen molar-refractivity contribution >= 4 is 42.6 Å². The van der Waals surface area contributed by atoms with Crippen molar-refractivity contribution < 1.29 is 23.9 Å². The molecule has 2 aromatic carbocycles. The third kappa shape index (κ3) is 8.28. The second-order valence-corrected chi connectivity index (χ2v) is 6.59. The summed E-state index contributed by atoms with van der Waals surface area (Å²) in [7, 11) is -3.13. The second kappa shape index (κ2) is 12.8. The minimum atomic E-state index is -3.13. The number of aromatic nitrogens is 3. The quantitative estimate of drug-likeness (QED) is 0.206. The molecule has 0 radical (unpaired) electrons. The number of fused-ring (bicyclic) bond motifs is 2. The Kier molecular flexibility index (Phi) is 9.71. The molecule has 5 aromatic rings. The van der Waals surface area contributed by atoms with Crippen molar-refractivity contribution in [1.29, 1.82) is 0 Å². The minimum absolute atomic E-state index is 0.631. The number of hydrogen-bond donors (Lipinski definition) is 5. The van der Waals surface area contributed by atoms with Crippen LogP contribution >= 0.6 is 8.25 Å². The van der Waals surface area contributed by atoms with E-state index in [1.807, 2.05) is 85.2 Å². The summed E-state index contributed by atoms with van der Waals surface area (Å²) in [5.41, 5.74) is 3.28. The van der Waals surface area contributed by atoms with Crippen LogP contribution in [0.5, 0.6) is 0 Å². The fourth-order valence-electron chi connectivity index (χ4n) is 2.60. The fraction of sp³-hybridized carbons (Fsp3) is 0. The van der Waals surface area contributed by atoms with Crippen LogP contribution in [0.15, 0.2) is 85.2 Å². The summed E-state index contributed by atoms with van der Waals surface area (Å²) >= 11 is 0. The van der Waals surface area contributed by atoms with E-state index < -0.39 is 8.25 Å². The van der Waals surface area contributed by atoms with Crippen LogP contribution in [0.1, 0.15) is 21.0 Å². The summed E-state index contributed by atoms with van der Waals surface area (Å²) in [6, 6.07) is 23.2. The molecule has 0 unspecified atom stereocenters. The molecule has 0 fully saturated rings. The third-order valence-corrected chi connectivity index (χ3v) is 3.85. The van der Waals surface area contributed by atoms with Crippen molar-refractivity contribution in [2.75, 3.05) is 0 Å². The molecule has 160 valence electrons. The number of para-hydroxylation sites is 2. The average Bonchev–Trinajstić information content (AvgIpc) is 3.54. The number of carbonyl (C=O) groups excluding carboxylic acids is 2. The summed E-state index contributed by atoms with van der Waals surface area (Å²) < 4.78 is 8.74. The largest absolute Gasteiger partial charge is 0.368 e. The van der Waals surface area contributed by atoms with Crippen molar-refractivity contribution in [2.45, 2.75) is 0 Å². The summed E-state index contributed by atoms with van der Waals surface area (Å²) in [6.07, 6.45) is 5.39. The second-order valence-electron chi connectivity index (χ2n) is 6.03. The third-order valence-electron chi connectivity index (χ3n) is 3.85. The minimum Gasteiger partial charge on any atom is -0.368 e. The molecule has 0 aliphatic carbocycles. The lowest BCUT2D eigenvalue weighted by Gasteiger charge is -1.83. The normalized spacial score (nSPS) is 9.65. The Balaban J connectivity index is 0.000000160. The van der Waals surface area contributed by atoms with Crippen LogP contribution in [0.2, 0.25) is 0 Å². The van der Waals surface area contributed by atoms with Crippen LogP contribution in [0.4, 0.5) is 0 Å². The number of carbonyl (C=O) groups is 2. The molecule has 0 saturated carbocycles. The number of aromatic amines is 3. The monoisotopic (exact) mass is 439 g/mol. The molecule has 9 heteroatoms. The van der Waals surface area contributed by atoms with Gasteiger partial charge in [0.1, 0.15) is 0 Å². The van der Waals surface area contributed by atoms with E-state index in [2.05, 4.69) is 15.0 Å². The molecule has 5 N–H and O–H groups in total. The van der Waals surface area contributed by atoms with Gasteiger partial charge in [-0.1, -0.05) is 36.4 Å². The zero-order valence-electron chi connectivity index (χ0n) is 16.4. The van der Waals surface area contributed by atoms with Crippen LogP contribution in [-0.2, 0) is 4.57 Å². The molecule has 0 saturated heterocycles. The first-order chi connectivity index (χ1) is 15.0. The highest BCUT2D eigenvalue weighted by atomic mass is 31.1. The Morgan fingerprint density at radius 1 is 0.677 bits per heavy atom. The van der Waals surface area contributed by atoms with Gasteiger partial charge in [-0.3, -0.25) is 14.2 Å². The molecule has 3 aromatic heterocycles. The number of H-pyrrole nitrogens is 3. The first-order valence-corrected chi connectivity index (χ1v) is 10.4. The topological polar surface area (TPSA) is 139 Å². The lowest BCUT2D eigenvalue weighted by atomic mass is 10.2. The first-order valence-electron chi connectivity index (χ1n) is 9.09. The number of aldehydes is 2. The van der Waals surface area contributed by atoms with Crippen LogP contribution in [0, 0.1) is 0 Å². The lowest BCUT2D eigenvalue weighted by Crippen LogP contribution is -1.73. The number of hydrogen-bond acceptors (Lipinski definition) is 3. The van der Waals surface area contributed by atoms with E-state index in [4.69, 9.17) is 14.4 Å². The van der Waals surface area contributed by atoms with Gasteiger partial charge in [0.05, 0.1) is 11.4 Å². The van der Waals surface area contributed by atoms with Gasteiger partial charge in [0.25, 0.3) is 0 Å². The number of rotatable bonds is 2. The highest BCUT2D eigenvalue weighted by molar-refractivity contribution is 7.30. The molecule has 5 rings (SSSR count). The molecule has 3 heterocycles. The van der Waals surface area contributed by atoms with E-state index in [0.717, 1.165) is 34.4 Å². The Labute approximate surface area is 178 Å². The van der Waals surface area contributed by atoms with Gasteiger partial charge in [-0.2, -0.15) is 0 Å². The van der Waals surface area contributed by atoms with Gasteiger partial charge in [-0.15, -0.1) is 0 Å². The van der Waals surface area contributed by atoms with Gasteiger partial charge in [0.15, 0.2) is 12.6 Å². The molecular formula is C22H22N3O5P. The van der Waals surface area contributed by atoms with Crippen LogP contribution in [-0.4, -0.2) is 37.3 Å². The molecule has 0 bridgehead atoms. The van der Waals surface area contributed by atoms with Crippen molar-refractivity contribution in [1.82, 2.24) is 15.0 Å². The van der Waals surface area contributed by atoms with Crippen molar-refractivity contribution in [2.24, 2.45) is 0 Å².